The molecule has 20 heavy (non-hydrogen) atoms. The number of hydrogen-bond acceptors (Lipinski definition) is 3. The second-order valence-corrected chi connectivity index (χ2v) is 6.54. The van der Waals surface area contributed by atoms with Gasteiger partial charge in [0.05, 0.1) is 6.61 Å². The zero-order valence-corrected chi connectivity index (χ0v) is 12.5. The molecule has 1 aliphatic heterocycles. The van der Waals surface area contributed by atoms with Gasteiger partial charge in [-0.2, -0.15) is 11.8 Å². The van der Waals surface area contributed by atoms with Crippen molar-refractivity contribution < 1.29 is 9.50 Å². The standard InChI is InChI=1S/C16H20FNOS/c1-13-11-18(7-9-20-13)12-15-6-5-14(10-16(15)17)4-2-3-8-19/h5-6,10,13,19H,3,7-9,11-12H2,1H3. The summed E-state index contributed by atoms with van der Waals surface area (Å²) in [4.78, 5) is 2.30. The van der Waals surface area contributed by atoms with Crippen molar-refractivity contribution in [1.29, 1.82) is 0 Å². The van der Waals surface area contributed by atoms with E-state index in [2.05, 4.69) is 23.7 Å². The average molecular weight is 293 g/mol. The minimum Gasteiger partial charge on any atom is -0.395 e. The first kappa shape index (κ1) is 15.4. The Morgan fingerprint density at radius 3 is 3.05 bits per heavy atom. The van der Waals surface area contributed by atoms with E-state index in [1.807, 2.05) is 23.9 Å². The van der Waals surface area contributed by atoms with Crippen LogP contribution in [-0.4, -0.2) is 40.7 Å². The van der Waals surface area contributed by atoms with Gasteiger partial charge in [0.1, 0.15) is 5.82 Å². The summed E-state index contributed by atoms with van der Waals surface area (Å²) in [6.07, 6.45) is 0.423. The molecule has 108 valence electrons. The van der Waals surface area contributed by atoms with E-state index >= 15 is 0 Å². The maximum atomic E-state index is 14.1. The molecule has 1 unspecified atom stereocenters. The average Bonchev–Trinajstić information content (AvgIpc) is 2.42. The van der Waals surface area contributed by atoms with Crippen LogP contribution >= 0.6 is 11.8 Å². The van der Waals surface area contributed by atoms with Gasteiger partial charge in [0.25, 0.3) is 0 Å². The van der Waals surface area contributed by atoms with Gasteiger partial charge in [0.2, 0.25) is 0 Å². The minimum absolute atomic E-state index is 0.0404. The molecule has 2 nitrogen and oxygen atoms in total. The Morgan fingerprint density at radius 2 is 2.35 bits per heavy atom. The third-order valence-electron chi connectivity index (χ3n) is 3.24. The summed E-state index contributed by atoms with van der Waals surface area (Å²) in [5, 5.41) is 9.28. The fourth-order valence-electron chi connectivity index (χ4n) is 2.25. The van der Waals surface area contributed by atoms with Crippen molar-refractivity contribution in [1.82, 2.24) is 4.90 Å². The van der Waals surface area contributed by atoms with Gasteiger partial charge in [-0.25, -0.2) is 4.39 Å². The van der Waals surface area contributed by atoms with Gasteiger partial charge in [-0.15, -0.1) is 0 Å². The Morgan fingerprint density at radius 1 is 1.50 bits per heavy atom. The van der Waals surface area contributed by atoms with Crippen LogP contribution in [0.1, 0.15) is 24.5 Å². The first-order valence-electron chi connectivity index (χ1n) is 6.91. The highest BCUT2D eigenvalue weighted by Gasteiger charge is 2.17. The summed E-state index contributed by atoms with van der Waals surface area (Å²) < 4.78 is 14.1. The summed E-state index contributed by atoms with van der Waals surface area (Å²) in [6.45, 7) is 4.96. The molecule has 4 heteroatoms. The highest BCUT2D eigenvalue weighted by molar-refractivity contribution is 7.99. The zero-order chi connectivity index (χ0) is 14.4. The molecule has 1 aromatic carbocycles. The van der Waals surface area contributed by atoms with Crippen LogP contribution in [0.2, 0.25) is 0 Å². The Bertz CT molecular complexity index is 509. The maximum absolute atomic E-state index is 14.1. The van der Waals surface area contributed by atoms with Crippen molar-refractivity contribution in [3.8, 4) is 11.8 Å². The zero-order valence-electron chi connectivity index (χ0n) is 11.7. The molecule has 1 aliphatic rings. The predicted octanol–water partition coefficient (Wildman–Crippen LogP) is 2.50. The van der Waals surface area contributed by atoms with Crippen LogP contribution in [0.15, 0.2) is 18.2 Å². The van der Waals surface area contributed by atoms with Gasteiger partial charge in [-0.05, 0) is 12.1 Å². The fraction of sp³-hybridized carbons (Fsp3) is 0.500. The van der Waals surface area contributed by atoms with Crippen molar-refractivity contribution in [3.05, 3.63) is 35.1 Å². The van der Waals surface area contributed by atoms with Gasteiger partial charge < -0.3 is 5.11 Å². The smallest absolute Gasteiger partial charge is 0.128 e. The monoisotopic (exact) mass is 293 g/mol. The highest BCUT2D eigenvalue weighted by Crippen LogP contribution is 2.20. The number of nitrogens with zero attached hydrogens (tertiary/aromatic N) is 1. The highest BCUT2D eigenvalue weighted by atomic mass is 32.2. The van der Waals surface area contributed by atoms with E-state index in [0.29, 0.717) is 23.8 Å². The second kappa shape index (κ2) is 7.68. The molecule has 1 saturated heterocycles. The molecule has 1 aromatic rings. The quantitative estimate of drug-likeness (QED) is 0.866. The molecular formula is C16H20FNOS. The molecule has 1 N–H and O–H groups in total. The van der Waals surface area contributed by atoms with Crippen molar-refractivity contribution >= 4 is 11.8 Å². The number of thioether (sulfide) groups is 1. The third kappa shape index (κ3) is 4.52. The molecule has 0 amide bonds. The van der Waals surface area contributed by atoms with Crippen molar-refractivity contribution in [3.63, 3.8) is 0 Å². The largest absolute Gasteiger partial charge is 0.395 e. The molecule has 1 heterocycles. The van der Waals surface area contributed by atoms with Crippen LogP contribution in [0.25, 0.3) is 0 Å². The van der Waals surface area contributed by atoms with Gasteiger partial charge >= 0.3 is 0 Å². The van der Waals surface area contributed by atoms with Crippen LogP contribution in [-0.2, 0) is 6.54 Å². The van der Waals surface area contributed by atoms with Crippen LogP contribution in [0.5, 0.6) is 0 Å². The van der Waals surface area contributed by atoms with E-state index in [1.165, 1.54) is 6.07 Å². The Labute approximate surface area is 124 Å². The molecule has 1 fully saturated rings. The van der Waals surface area contributed by atoms with E-state index in [1.54, 1.807) is 0 Å². The van der Waals surface area contributed by atoms with Gasteiger partial charge in [0, 0.05) is 48.2 Å². The van der Waals surface area contributed by atoms with Gasteiger partial charge in [0.15, 0.2) is 0 Å². The lowest BCUT2D eigenvalue weighted by molar-refractivity contribution is 0.274. The second-order valence-electron chi connectivity index (χ2n) is 5.00. The molecule has 1 atom stereocenters. The van der Waals surface area contributed by atoms with Crippen molar-refractivity contribution in [2.45, 2.75) is 25.1 Å². The lowest BCUT2D eigenvalue weighted by Gasteiger charge is -2.30. The topological polar surface area (TPSA) is 23.5 Å². The number of benzene rings is 1. The van der Waals surface area contributed by atoms with Gasteiger partial charge in [-0.3, -0.25) is 4.90 Å². The summed E-state index contributed by atoms with van der Waals surface area (Å²) >= 11 is 1.98. The lowest BCUT2D eigenvalue weighted by atomic mass is 10.1. The number of rotatable bonds is 3. The molecule has 0 saturated carbocycles. The number of halogens is 1. The molecule has 0 radical (unpaired) electrons. The minimum atomic E-state index is -0.188. The molecule has 0 aliphatic carbocycles. The molecule has 0 bridgehead atoms. The Balaban J connectivity index is 2.01. The lowest BCUT2D eigenvalue weighted by Crippen LogP contribution is -2.36. The number of aliphatic hydroxyl groups is 1. The molecule has 0 spiro atoms. The van der Waals surface area contributed by atoms with E-state index < -0.39 is 0 Å². The predicted molar refractivity (Wildman–Crippen MR) is 82.2 cm³/mol. The van der Waals surface area contributed by atoms with E-state index in [9.17, 15) is 4.39 Å². The van der Waals surface area contributed by atoms with Crippen LogP contribution in [0.4, 0.5) is 4.39 Å². The van der Waals surface area contributed by atoms with Crippen molar-refractivity contribution in [2.24, 2.45) is 0 Å². The van der Waals surface area contributed by atoms with E-state index in [-0.39, 0.29) is 12.4 Å². The first-order chi connectivity index (χ1) is 9.69. The summed E-state index contributed by atoms with van der Waals surface area (Å²) in [5.41, 5.74) is 1.40. The molecule has 2 rings (SSSR count). The first-order valence-corrected chi connectivity index (χ1v) is 7.96. The summed E-state index contributed by atoms with van der Waals surface area (Å²) in [5.74, 6) is 6.59. The Kier molecular flexibility index (Phi) is 5.90. The number of hydrogen-bond donors (Lipinski definition) is 1. The summed E-state index contributed by atoms with van der Waals surface area (Å²) in [7, 11) is 0. The maximum Gasteiger partial charge on any atom is 0.128 e. The van der Waals surface area contributed by atoms with Crippen LogP contribution < -0.4 is 0 Å². The van der Waals surface area contributed by atoms with Gasteiger partial charge in [-0.1, -0.05) is 24.8 Å². The third-order valence-corrected chi connectivity index (χ3v) is 4.38. The van der Waals surface area contributed by atoms with E-state index in [0.717, 1.165) is 24.4 Å². The normalized spacial score (nSPS) is 19.4. The van der Waals surface area contributed by atoms with Crippen LogP contribution in [0, 0.1) is 17.7 Å². The summed E-state index contributed by atoms with van der Waals surface area (Å²) in [6, 6.07) is 5.16. The number of aliphatic hydroxyl groups excluding tert-OH is 1. The van der Waals surface area contributed by atoms with Crippen LogP contribution in [0.3, 0.4) is 0 Å². The van der Waals surface area contributed by atoms with E-state index in [4.69, 9.17) is 5.11 Å². The fourth-order valence-corrected chi connectivity index (χ4v) is 3.33. The SMILES string of the molecule is CC1CN(Cc2ccc(C#CCCO)cc2F)CCS1. The Hall–Kier alpha value is -1.02. The molecule has 0 aromatic heterocycles. The van der Waals surface area contributed by atoms with Crippen molar-refractivity contribution in [2.75, 3.05) is 25.4 Å². The molecular weight excluding hydrogens is 273 g/mol.